The summed E-state index contributed by atoms with van der Waals surface area (Å²) in [6.07, 6.45) is 1.09. The molecule has 1 rings (SSSR count). The average molecular weight is 196 g/mol. The topological polar surface area (TPSA) is 110 Å². The molecule has 1 aromatic heterocycles. The number of carbonyl (C=O) groups is 2. The van der Waals surface area contributed by atoms with Crippen molar-refractivity contribution in [1.82, 2.24) is 4.98 Å². The van der Waals surface area contributed by atoms with Crippen molar-refractivity contribution in [2.24, 2.45) is 0 Å². The smallest absolute Gasteiger partial charge is 0.337 e. The van der Waals surface area contributed by atoms with Gasteiger partial charge in [-0.1, -0.05) is 0 Å². The van der Waals surface area contributed by atoms with E-state index in [1.807, 2.05) is 0 Å². The second-order valence-electron chi connectivity index (χ2n) is 2.31. The minimum Gasteiger partial charge on any atom is -0.478 e. The van der Waals surface area contributed by atoms with Crippen LogP contribution in [0.3, 0.4) is 0 Å². The molecular formula is C7H4N2O5. The van der Waals surface area contributed by atoms with Crippen molar-refractivity contribution in [2.45, 2.75) is 0 Å². The third-order valence-corrected chi connectivity index (χ3v) is 1.45. The van der Waals surface area contributed by atoms with Crippen molar-refractivity contribution in [1.29, 1.82) is 0 Å². The Balaban J connectivity index is 3.34. The monoisotopic (exact) mass is 196 g/mol. The van der Waals surface area contributed by atoms with E-state index in [4.69, 9.17) is 5.11 Å². The van der Waals surface area contributed by atoms with Gasteiger partial charge < -0.3 is 5.11 Å². The van der Waals surface area contributed by atoms with Gasteiger partial charge in [-0.2, -0.15) is 0 Å². The molecule has 1 aromatic rings. The van der Waals surface area contributed by atoms with Gasteiger partial charge in [0.2, 0.25) is 0 Å². The number of pyridine rings is 1. The Morgan fingerprint density at radius 3 is 2.71 bits per heavy atom. The van der Waals surface area contributed by atoms with Crippen LogP contribution < -0.4 is 0 Å². The van der Waals surface area contributed by atoms with Crippen LogP contribution in [-0.2, 0) is 0 Å². The molecule has 7 nitrogen and oxygen atoms in total. The number of aromatic carboxylic acids is 1. The van der Waals surface area contributed by atoms with Gasteiger partial charge in [0.15, 0.2) is 12.0 Å². The van der Waals surface area contributed by atoms with Crippen molar-refractivity contribution in [2.75, 3.05) is 0 Å². The Labute approximate surface area is 77.2 Å². The fourth-order valence-electron chi connectivity index (χ4n) is 0.818. The predicted molar refractivity (Wildman–Crippen MR) is 43.2 cm³/mol. The Hall–Kier alpha value is -2.31. The molecule has 7 heteroatoms. The van der Waals surface area contributed by atoms with Gasteiger partial charge in [0.1, 0.15) is 0 Å². The van der Waals surface area contributed by atoms with E-state index in [1.54, 1.807) is 0 Å². The first-order valence-corrected chi connectivity index (χ1v) is 3.39. The number of carbonyl (C=O) groups excluding carboxylic acids is 1. The summed E-state index contributed by atoms with van der Waals surface area (Å²) >= 11 is 0. The van der Waals surface area contributed by atoms with Crippen LogP contribution in [-0.4, -0.2) is 27.3 Å². The van der Waals surface area contributed by atoms with E-state index in [0.29, 0.717) is 0 Å². The number of aldehydes is 1. The molecule has 0 aliphatic rings. The summed E-state index contributed by atoms with van der Waals surface area (Å²) in [5.41, 5.74) is -1.33. The molecule has 14 heavy (non-hydrogen) atoms. The summed E-state index contributed by atoms with van der Waals surface area (Å²) < 4.78 is 0. The third kappa shape index (κ3) is 1.71. The number of hydrogen-bond donors (Lipinski definition) is 1. The molecule has 0 amide bonds. The van der Waals surface area contributed by atoms with Crippen molar-refractivity contribution in [3.63, 3.8) is 0 Å². The number of carboxylic acid groups (broad SMARTS) is 1. The fraction of sp³-hybridized carbons (Fsp3) is 0. The molecule has 0 saturated carbocycles. The second kappa shape index (κ2) is 3.60. The van der Waals surface area contributed by atoms with Crippen LogP contribution in [0.2, 0.25) is 0 Å². The zero-order valence-corrected chi connectivity index (χ0v) is 6.71. The first-order valence-electron chi connectivity index (χ1n) is 3.39. The molecule has 0 aliphatic carbocycles. The summed E-state index contributed by atoms with van der Waals surface area (Å²) in [4.78, 5) is 33.6. The van der Waals surface area contributed by atoms with Crippen molar-refractivity contribution in [3.05, 3.63) is 33.6 Å². The lowest BCUT2D eigenvalue weighted by atomic mass is 10.2. The fourth-order valence-corrected chi connectivity index (χ4v) is 0.818. The summed E-state index contributed by atoms with van der Waals surface area (Å²) in [5, 5.41) is 18.9. The quantitative estimate of drug-likeness (QED) is 0.428. The van der Waals surface area contributed by atoms with Crippen molar-refractivity contribution < 1.29 is 19.6 Å². The Morgan fingerprint density at radius 1 is 1.64 bits per heavy atom. The van der Waals surface area contributed by atoms with Crippen LogP contribution in [0, 0.1) is 10.1 Å². The van der Waals surface area contributed by atoms with Crippen LogP contribution in [0.25, 0.3) is 0 Å². The number of carboxylic acids is 1. The predicted octanol–water partition coefficient (Wildman–Crippen LogP) is 0.500. The molecule has 0 spiro atoms. The van der Waals surface area contributed by atoms with Gasteiger partial charge in [-0.15, -0.1) is 0 Å². The van der Waals surface area contributed by atoms with E-state index >= 15 is 0 Å². The standard InChI is InChI=1S/C7H4N2O5/c10-3-5-6(9(13)14)1-4(2-8-5)7(11)12/h1-3H,(H,11,12). The first-order chi connectivity index (χ1) is 6.56. The van der Waals surface area contributed by atoms with Crippen LogP contribution in [0.4, 0.5) is 5.69 Å². The van der Waals surface area contributed by atoms with E-state index < -0.39 is 16.6 Å². The summed E-state index contributed by atoms with van der Waals surface area (Å²) in [6.45, 7) is 0. The number of nitrogens with zero attached hydrogens (tertiary/aromatic N) is 2. The molecule has 0 aromatic carbocycles. The molecule has 0 radical (unpaired) electrons. The maximum Gasteiger partial charge on any atom is 0.337 e. The highest BCUT2D eigenvalue weighted by Gasteiger charge is 2.17. The molecule has 0 bridgehead atoms. The van der Waals surface area contributed by atoms with Gasteiger partial charge in [-0.3, -0.25) is 14.9 Å². The van der Waals surface area contributed by atoms with E-state index in [1.165, 1.54) is 0 Å². The third-order valence-electron chi connectivity index (χ3n) is 1.45. The normalized spacial score (nSPS) is 9.43. The van der Waals surface area contributed by atoms with E-state index in [2.05, 4.69) is 4.98 Å². The number of nitro groups is 1. The van der Waals surface area contributed by atoms with Gasteiger partial charge in [-0.25, -0.2) is 9.78 Å². The molecule has 0 saturated heterocycles. The average Bonchev–Trinajstić information content (AvgIpc) is 2.16. The zero-order valence-electron chi connectivity index (χ0n) is 6.71. The Bertz CT molecular complexity index is 415. The van der Waals surface area contributed by atoms with Crippen molar-refractivity contribution >= 4 is 17.9 Å². The highest BCUT2D eigenvalue weighted by molar-refractivity contribution is 5.89. The van der Waals surface area contributed by atoms with Gasteiger partial charge in [0.25, 0.3) is 5.69 Å². The van der Waals surface area contributed by atoms with Crippen molar-refractivity contribution in [3.8, 4) is 0 Å². The second-order valence-corrected chi connectivity index (χ2v) is 2.31. The maximum absolute atomic E-state index is 10.4. The summed E-state index contributed by atoms with van der Waals surface area (Å²) in [7, 11) is 0. The van der Waals surface area contributed by atoms with Gasteiger partial charge in [0.05, 0.1) is 10.5 Å². The summed E-state index contributed by atoms with van der Waals surface area (Å²) in [5.74, 6) is -1.34. The van der Waals surface area contributed by atoms with E-state index in [0.717, 1.165) is 12.3 Å². The molecule has 1 N–H and O–H groups in total. The van der Waals surface area contributed by atoms with Gasteiger partial charge in [0, 0.05) is 12.3 Å². The lowest BCUT2D eigenvalue weighted by Crippen LogP contribution is -2.03. The van der Waals surface area contributed by atoms with Crippen LogP contribution in [0.5, 0.6) is 0 Å². The molecule has 0 aliphatic heterocycles. The molecule has 0 fully saturated rings. The number of hydrogen-bond acceptors (Lipinski definition) is 5. The Kier molecular flexibility index (Phi) is 2.52. The molecule has 72 valence electrons. The Morgan fingerprint density at radius 2 is 2.29 bits per heavy atom. The number of rotatable bonds is 3. The van der Waals surface area contributed by atoms with E-state index in [-0.39, 0.29) is 17.5 Å². The van der Waals surface area contributed by atoms with Gasteiger partial charge >= 0.3 is 5.97 Å². The largest absolute Gasteiger partial charge is 0.478 e. The van der Waals surface area contributed by atoms with Crippen LogP contribution in [0.1, 0.15) is 20.8 Å². The minimum atomic E-state index is -1.34. The number of aromatic nitrogens is 1. The van der Waals surface area contributed by atoms with E-state index in [9.17, 15) is 19.7 Å². The SMILES string of the molecule is O=Cc1ncc(C(=O)O)cc1[N+](=O)[O-]. The highest BCUT2D eigenvalue weighted by atomic mass is 16.6. The minimum absolute atomic E-state index is 0.198. The molecule has 0 atom stereocenters. The zero-order chi connectivity index (χ0) is 10.7. The van der Waals surface area contributed by atoms with Crippen LogP contribution in [0.15, 0.2) is 12.3 Å². The highest BCUT2D eigenvalue weighted by Crippen LogP contribution is 2.15. The summed E-state index contributed by atoms with van der Waals surface area (Å²) in [6, 6.07) is 0.791. The van der Waals surface area contributed by atoms with Crippen LogP contribution >= 0.6 is 0 Å². The molecular weight excluding hydrogens is 192 g/mol. The molecule has 0 unspecified atom stereocenters. The van der Waals surface area contributed by atoms with Gasteiger partial charge in [-0.05, 0) is 0 Å². The molecule has 1 heterocycles. The first kappa shape index (κ1) is 9.78. The lowest BCUT2D eigenvalue weighted by Gasteiger charge is -1.96. The maximum atomic E-state index is 10.4. The lowest BCUT2D eigenvalue weighted by molar-refractivity contribution is -0.385.